The van der Waals surface area contributed by atoms with E-state index in [-0.39, 0.29) is 18.0 Å². The molecule has 0 bridgehead atoms. The first kappa shape index (κ1) is 21.2. The first-order valence-electron chi connectivity index (χ1n) is 9.15. The number of hydrogen-bond donors (Lipinski definition) is 0. The van der Waals surface area contributed by atoms with Crippen LogP contribution in [0.1, 0.15) is 46.0 Å². The van der Waals surface area contributed by atoms with Gasteiger partial charge in [0.2, 0.25) is 0 Å². The molecule has 1 rings (SSSR count). The summed E-state index contributed by atoms with van der Waals surface area (Å²) in [7, 11) is 2.01. The van der Waals surface area contributed by atoms with Crippen LogP contribution in [0.2, 0.25) is 0 Å². The number of hydrogen-bond acceptors (Lipinski definition) is 5. The molecule has 0 spiro atoms. The van der Waals surface area contributed by atoms with Gasteiger partial charge in [0.25, 0.3) is 0 Å². The fraction of sp³-hybridized carbons (Fsp3) is 0.684. The van der Waals surface area contributed by atoms with Gasteiger partial charge in [-0.2, -0.15) is 0 Å². The lowest BCUT2D eigenvalue weighted by molar-refractivity contribution is -0.150. The average Bonchev–Trinajstić information content (AvgIpc) is 3.06. The van der Waals surface area contributed by atoms with Gasteiger partial charge in [-0.15, -0.1) is 0 Å². The monoisotopic (exact) mass is 352 g/mol. The highest BCUT2D eigenvalue weighted by Gasteiger charge is 2.11. The molecule has 25 heavy (non-hydrogen) atoms. The summed E-state index contributed by atoms with van der Waals surface area (Å²) in [6.07, 6.45) is 7.04. The van der Waals surface area contributed by atoms with Gasteiger partial charge in [-0.3, -0.25) is 9.59 Å². The molecule has 1 aromatic rings. The van der Waals surface area contributed by atoms with Crippen LogP contribution in [0.3, 0.4) is 0 Å². The van der Waals surface area contributed by atoms with Gasteiger partial charge in [-0.05, 0) is 45.5 Å². The molecule has 1 heterocycles. The summed E-state index contributed by atoms with van der Waals surface area (Å²) in [5.74, 6) is -0.396. The van der Waals surface area contributed by atoms with E-state index >= 15 is 0 Å². The van der Waals surface area contributed by atoms with Crippen molar-refractivity contribution in [3.8, 4) is 0 Å². The fourth-order valence-corrected chi connectivity index (χ4v) is 2.39. The number of rotatable bonds is 13. The first-order chi connectivity index (χ1) is 12.0. The molecule has 1 atom stereocenters. The van der Waals surface area contributed by atoms with Gasteiger partial charge in [0.05, 0.1) is 13.0 Å². The van der Waals surface area contributed by atoms with Crippen LogP contribution in [0, 0.1) is 0 Å². The van der Waals surface area contributed by atoms with E-state index in [0.717, 1.165) is 25.9 Å². The molecule has 0 radical (unpaired) electrons. The second-order valence-electron chi connectivity index (χ2n) is 6.39. The van der Waals surface area contributed by atoms with Crippen LogP contribution < -0.4 is 0 Å². The predicted octanol–water partition coefficient (Wildman–Crippen LogP) is 2.87. The molecule has 6 heteroatoms. The average molecular weight is 352 g/mol. The lowest BCUT2D eigenvalue weighted by Crippen LogP contribution is -2.26. The summed E-state index contributed by atoms with van der Waals surface area (Å²) < 4.78 is 12.6. The summed E-state index contributed by atoms with van der Waals surface area (Å²) in [6, 6.07) is 4.04. The second kappa shape index (κ2) is 12.5. The van der Waals surface area contributed by atoms with Crippen LogP contribution in [0.15, 0.2) is 24.5 Å². The van der Waals surface area contributed by atoms with Crippen LogP contribution in [0.25, 0.3) is 0 Å². The number of nitrogens with zero attached hydrogens (tertiary/aromatic N) is 2. The highest BCUT2D eigenvalue weighted by Crippen LogP contribution is 2.03. The molecule has 0 amide bonds. The molecular weight excluding hydrogens is 320 g/mol. The van der Waals surface area contributed by atoms with Gasteiger partial charge in [-0.25, -0.2) is 0 Å². The van der Waals surface area contributed by atoms with Gasteiger partial charge in [-0.1, -0.05) is 6.92 Å². The zero-order valence-electron chi connectivity index (χ0n) is 15.8. The van der Waals surface area contributed by atoms with E-state index in [9.17, 15) is 9.59 Å². The Balaban J connectivity index is 2.05. The predicted molar refractivity (Wildman–Crippen MR) is 97.2 cm³/mol. The third-order valence-electron chi connectivity index (χ3n) is 3.89. The van der Waals surface area contributed by atoms with Crippen molar-refractivity contribution in [1.29, 1.82) is 0 Å². The van der Waals surface area contributed by atoms with Gasteiger partial charge in [0.1, 0.15) is 6.10 Å². The van der Waals surface area contributed by atoms with Crippen molar-refractivity contribution < 1.29 is 19.1 Å². The molecular formula is C19H32N2O4. The Kier molecular flexibility index (Phi) is 10.6. The van der Waals surface area contributed by atoms with Gasteiger partial charge in [0, 0.05) is 38.3 Å². The summed E-state index contributed by atoms with van der Waals surface area (Å²) in [4.78, 5) is 25.2. The maximum absolute atomic E-state index is 11.9. The minimum atomic E-state index is -0.235. The van der Waals surface area contributed by atoms with E-state index in [4.69, 9.17) is 9.47 Å². The minimum absolute atomic E-state index is 0.192. The summed E-state index contributed by atoms with van der Waals surface area (Å²) in [5, 5.41) is 0. The Bertz CT molecular complexity index is 488. The normalized spacial score (nSPS) is 12.2. The third kappa shape index (κ3) is 10.6. The minimum Gasteiger partial charge on any atom is -0.466 e. The van der Waals surface area contributed by atoms with Crippen LogP contribution in [0.5, 0.6) is 0 Å². The van der Waals surface area contributed by atoms with Gasteiger partial charge in [0.15, 0.2) is 0 Å². The van der Waals surface area contributed by atoms with Crippen LogP contribution in [-0.2, 0) is 25.6 Å². The van der Waals surface area contributed by atoms with Crippen molar-refractivity contribution in [1.82, 2.24) is 9.47 Å². The zero-order chi connectivity index (χ0) is 18.5. The van der Waals surface area contributed by atoms with E-state index in [0.29, 0.717) is 32.4 Å². The van der Waals surface area contributed by atoms with Crippen LogP contribution in [-0.4, -0.2) is 54.3 Å². The fourth-order valence-electron chi connectivity index (χ4n) is 2.39. The topological polar surface area (TPSA) is 60.8 Å². The van der Waals surface area contributed by atoms with Gasteiger partial charge < -0.3 is 18.9 Å². The molecule has 0 aliphatic carbocycles. The summed E-state index contributed by atoms with van der Waals surface area (Å²) in [6.45, 7) is 6.66. The molecule has 0 saturated heterocycles. The molecule has 0 saturated carbocycles. The summed E-state index contributed by atoms with van der Waals surface area (Å²) >= 11 is 0. The third-order valence-corrected chi connectivity index (χ3v) is 3.89. The number of esters is 2. The lowest BCUT2D eigenvalue weighted by Gasteiger charge is -2.18. The van der Waals surface area contributed by atoms with E-state index < -0.39 is 0 Å². The quantitative estimate of drug-likeness (QED) is 0.511. The SMILES string of the molecule is CCCC(=O)OCCC(C)OC(=O)CCN(C)CCCn1cccc1. The van der Waals surface area contributed by atoms with Crippen molar-refractivity contribution in [2.45, 2.75) is 58.6 Å². The number of carbonyl (C=O) groups excluding carboxylic acids is 2. The molecule has 142 valence electrons. The van der Waals surface area contributed by atoms with E-state index in [2.05, 4.69) is 21.9 Å². The Morgan fingerprint density at radius 3 is 2.52 bits per heavy atom. The molecule has 0 fully saturated rings. The standard InChI is InChI=1S/C19H32N2O4/c1-4-8-18(22)24-16-10-17(2)25-19(23)9-15-20(3)11-7-14-21-12-5-6-13-21/h5-6,12-13,17H,4,7-11,14-16H2,1-3H3. The van der Waals surface area contributed by atoms with Crippen molar-refractivity contribution in [2.75, 3.05) is 26.7 Å². The summed E-state index contributed by atoms with van der Waals surface area (Å²) in [5.41, 5.74) is 0. The second-order valence-corrected chi connectivity index (χ2v) is 6.39. The molecule has 6 nitrogen and oxygen atoms in total. The van der Waals surface area contributed by atoms with Crippen molar-refractivity contribution >= 4 is 11.9 Å². The maximum Gasteiger partial charge on any atom is 0.307 e. The molecule has 1 unspecified atom stereocenters. The molecule has 1 aromatic heterocycles. The molecule has 0 aromatic carbocycles. The zero-order valence-corrected chi connectivity index (χ0v) is 15.8. The Morgan fingerprint density at radius 1 is 1.12 bits per heavy atom. The number of aromatic nitrogens is 1. The van der Waals surface area contributed by atoms with Crippen LogP contribution >= 0.6 is 0 Å². The first-order valence-corrected chi connectivity index (χ1v) is 9.15. The number of aryl methyl sites for hydroxylation is 1. The Hall–Kier alpha value is -1.82. The molecule has 0 N–H and O–H groups in total. The van der Waals surface area contributed by atoms with Crippen molar-refractivity contribution in [3.05, 3.63) is 24.5 Å². The highest BCUT2D eigenvalue weighted by atomic mass is 16.6. The highest BCUT2D eigenvalue weighted by molar-refractivity contribution is 5.70. The van der Waals surface area contributed by atoms with Crippen molar-refractivity contribution in [2.24, 2.45) is 0 Å². The Labute approximate surface area is 151 Å². The van der Waals surface area contributed by atoms with E-state index in [1.165, 1.54) is 0 Å². The lowest BCUT2D eigenvalue weighted by atomic mass is 10.3. The molecule has 0 aliphatic rings. The maximum atomic E-state index is 11.9. The van der Waals surface area contributed by atoms with E-state index in [1.807, 2.05) is 33.0 Å². The van der Waals surface area contributed by atoms with E-state index in [1.54, 1.807) is 0 Å². The van der Waals surface area contributed by atoms with Crippen LogP contribution in [0.4, 0.5) is 0 Å². The number of carbonyl (C=O) groups is 2. The Morgan fingerprint density at radius 2 is 1.84 bits per heavy atom. The van der Waals surface area contributed by atoms with Crippen molar-refractivity contribution in [3.63, 3.8) is 0 Å². The number of ether oxygens (including phenoxy) is 2. The smallest absolute Gasteiger partial charge is 0.307 e. The van der Waals surface area contributed by atoms with Gasteiger partial charge >= 0.3 is 11.9 Å². The molecule has 0 aliphatic heterocycles. The largest absolute Gasteiger partial charge is 0.466 e.